The molecular formula is C17H20Cl3NO2. The lowest BCUT2D eigenvalue weighted by molar-refractivity contribution is 0.0458. The molecule has 2 N–H and O–H groups in total. The molecule has 0 aliphatic heterocycles. The van der Waals surface area contributed by atoms with Gasteiger partial charge in [-0.15, -0.1) is 0 Å². The molecule has 3 nitrogen and oxygen atoms in total. The summed E-state index contributed by atoms with van der Waals surface area (Å²) < 4.78 is 4.15. The summed E-state index contributed by atoms with van der Waals surface area (Å²) in [7, 11) is 0. The van der Waals surface area contributed by atoms with E-state index in [4.69, 9.17) is 39.5 Å². The fraction of sp³-hybridized carbons (Fsp3) is 0.412. The van der Waals surface area contributed by atoms with Crippen molar-refractivity contribution in [3.63, 3.8) is 0 Å². The van der Waals surface area contributed by atoms with E-state index >= 15 is 0 Å². The smallest absolute Gasteiger partial charge is 0.240 e. The minimum atomic E-state index is -1.73. The minimum Gasteiger partial charge on any atom is -0.470 e. The Kier molecular flexibility index (Phi) is 6.40. The monoisotopic (exact) mass is 375 g/mol. The summed E-state index contributed by atoms with van der Waals surface area (Å²) in [6, 6.07) is 13.4. The van der Waals surface area contributed by atoms with Gasteiger partial charge in [0.2, 0.25) is 3.79 Å². The van der Waals surface area contributed by atoms with Gasteiger partial charge in [-0.25, -0.2) is 0 Å². The third kappa shape index (κ3) is 5.40. The van der Waals surface area contributed by atoms with Crippen LogP contribution in [0.2, 0.25) is 0 Å². The summed E-state index contributed by atoms with van der Waals surface area (Å²) in [4.78, 5) is 0. The number of nitrogens with one attached hydrogen (secondary N) is 1. The van der Waals surface area contributed by atoms with E-state index in [9.17, 15) is 5.11 Å². The molecule has 2 aromatic carbocycles. The Labute approximate surface area is 151 Å². The molecule has 0 aromatic heterocycles. The number of halogens is 3. The van der Waals surface area contributed by atoms with Crippen LogP contribution in [0.25, 0.3) is 10.8 Å². The molecule has 23 heavy (non-hydrogen) atoms. The molecule has 126 valence electrons. The highest BCUT2D eigenvalue weighted by Crippen LogP contribution is 2.34. The van der Waals surface area contributed by atoms with Crippen molar-refractivity contribution in [2.45, 2.75) is 36.5 Å². The number of ether oxygens (including phenoxy) is 1. The molecule has 0 fully saturated rings. The third-order valence-corrected chi connectivity index (χ3v) is 3.92. The minimum absolute atomic E-state index is 0.297. The first-order chi connectivity index (χ1) is 10.8. The molecule has 0 aliphatic carbocycles. The van der Waals surface area contributed by atoms with Gasteiger partial charge in [0.25, 0.3) is 0 Å². The normalized spacial score (nSPS) is 14.9. The van der Waals surface area contributed by atoms with Crippen LogP contribution >= 0.6 is 34.8 Å². The molecule has 0 radical (unpaired) electrons. The molecule has 6 heteroatoms. The van der Waals surface area contributed by atoms with Crippen molar-refractivity contribution in [3.8, 4) is 5.75 Å². The lowest BCUT2D eigenvalue weighted by Crippen LogP contribution is -2.50. The molecule has 0 aliphatic rings. The summed E-state index contributed by atoms with van der Waals surface area (Å²) in [5.41, 5.74) is 0. The van der Waals surface area contributed by atoms with Gasteiger partial charge in [0.1, 0.15) is 12.0 Å². The summed E-state index contributed by atoms with van der Waals surface area (Å²) in [6.45, 7) is 4.00. The maximum atomic E-state index is 10.1. The standard InChI is InChI=1S/C17H20Cl3NO2/c1-11(2)10-15(22)21-16(17(18,19)20)23-14-9-5-7-12-6-3-4-8-13(12)14/h3-9,11,15-16,21-22H,10H2,1-2H3/t15-,16-/m0/s1. The first kappa shape index (κ1) is 18.6. The van der Waals surface area contributed by atoms with Crippen LogP contribution < -0.4 is 10.1 Å². The van der Waals surface area contributed by atoms with Gasteiger partial charge in [-0.05, 0) is 23.8 Å². The quantitative estimate of drug-likeness (QED) is 0.558. The summed E-state index contributed by atoms with van der Waals surface area (Å²) in [5, 5.41) is 14.9. The summed E-state index contributed by atoms with van der Waals surface area (Å²) >= 11 is 18.0. The van der Waals surface area contributed by atoms with Crippen molar-refractivity contribution < 1.29 is 9.84 Å². The SMILES string of the molecule is CC(C)C[C@H](O)N[C@@H](Oc1cccc2ccccc12)C(Cl)(Cl)Cl. The van der Waals surface area contributed by atoms with E-state index in [0.29, 0.717) is 18.1 Å². The molecule has 0 saturated carbocycles. The van der Waals surface area contributed by atoms with Crippen LogP contribution in [0.15, 0.2) is 42.5 Å². The molecule has 0 amide bonds. The van der Waals surface area contributed by atoms with Gasteiger partial charge < -0.3 is 9.84 Å². The average molecular weight is 377 g/mol. The van der Waals surface area contributed by atoms with Crippen LogP contribution in [0.5, 0.6) is 5.75 Å². The van der Waals surface area contributed by atoms with Crippen LogP contribution in [0.4, 0.5) is 0 Å². The zero-order valence-corrected chi connectivity index (χ0v) is 15.2. The van der Waals surface area contributed by atoms with E-state index in [1.54, 1.807) is 0 Å². The largest absolute Gasteiger partial charge is 0.470 e. The van der Waals surface area contributed by atoms with E-state index in [-0.39, 0.29) is 0 Å². The molecule has 2 rings (SSSR count). The van der Waals surface area contributed by atoms with Crippen molar-refractivity contribution >= 4 is 45.6 Å². The Morgan fingerprint density at radius 2 is 1.74 bits per heavy atom. The lowest BCUT2D eigenvalue weighted by atomic mass is 10.1. The Balaban J connectivity index is 2.23. The van der Waals surface area contributed by atoms with Crippen molar-refractivity contribution in [1.29, 1.82) is 0 Å². The highest BCUT2D eigenvalue weighted by atomic mass is 35.6. The summed E-state index contributed by atoms with van der Waals surface area (Å²) in [6.07, 6.45) is -1.28. The second-order valence-corrected chi connectivity index (χ2v) is 8.20. The van der Waals surface area contributed by atoms with Gasteiger partial charge >= 0.3 is 0 Å². The van der Waals surface area contributed by atoms with Crippen molar-refractivity contribution in [1.82, 2.24) is 5.32 Å². The average Bonchev–Trinajstić information content (AvgIpc) is 2.45. The highest BCUT2D eigenvalue weighted by Gasteiger charge is 2.36. The van der Waals surface area contributed by atoms with Gasteiger partial charge in [-0.2, -0.15) is 0 Å². The van der Waals surface area contributed by atoms with Crippen LogP contribution in [0.1, 0.15) is 20.3 Å². The number of hydrogen-bond acceptors (Lipinski definition) is 3. The number of aliphatic hydroxyl groups excluding tert-OH is 1. The number of alkyl halides is 3. The van der Waals surface area contributed by atoms with E-state index in [2.05, 4.69) is 5.32 Å². The first-order valence-electron chi connectivity index (χ1n) is 7.42. The van der Waals surface area contributed by atoms with Crippen molar-refractivity contribution in [3.05, 3.63) is 42.5 Å². The Hall–Kier alpha value is -0.710. The molecule has 0 bridgehead atoms. The zero-order valence-electron chi connectivity index (χ0n) is 13.0. The molecular weight excluding hydrogens is 357 g/mol. The Bertz CT molecular complexity index is 638. The van der Waals surface area contributed by atoms with Crippen molar-refractivity contribution in [2.75, 3.05) is 0 Å². The van der Waals surface area contributed by atoms with Crippen LogP contribution in [0.3, 0.4) is 0 Å². The van der Waals surface area contributed by atoms with E-state index in [1.807, 2.05) is 56.3 Å². The van der Waals surface area contributed by atoms with Crippen LogP contribution in [-0.2, 0) is 0 Å². The van der Waals surface area contributed by atoms with Gasteiger partial charge in [-0.1, -0.05) is 85.0 Å². The first-order valence-corrected chi connectivity index (χ1v) is 8.56. The fourth-order valence-corrected chi connectivity index (χ4v) is 2.63. The van der Waals surface area contributed by atoms with E-state index in [0.717, 1.165) is 10.8 Å². The van der Waals surface area contributed by atoms with Gasteiger partial charge in [0.15, 0.2) is 6.23 Å². The van der Waals surface area contributed by atoms with Crippen LogP contribution in [0, 0.1) is 5.92 Å². The summed E-state index contributed by atoms with van der Waals surface area (Å²) in [5.74, 6) is 0.884. The second kappa shape index (κ2) is 7.91. The molecule has 2 atom stereocenters. The third-order valence-electron chi connectivity index (χ3n) is 3.33. The predicted molar refractivity (Wildman–Crippen MR) is 97.3 cm³/mol. The van der Waals surface area contributed by atoms with Crippen molar-refractivity contribution in [2.24, 2.45) is 5.92 Å². The molecule has 0 heterocycles. The van der Waals surface area contributed by atoms with Gasteiger partial charge in [-0.3, -0.25) is 5.32 Å². The van der Waals surface area contributed by atoms with Crippen LogP contribution in [-0.4, -0.2) is 21.4 Å². The molecule has 0 saturated heterocycles. The maximum absolute atomic E-state index is 10.1. The number of hydrogen-bond donors (Lipinski definition) is 2. The zero-order chi connectivity index (χ0) is 17.0. The molecule has 0 unspecified atom stereocenters. The fourth-order valence-electron chi connectivity index (χ4n) is 2.31. The Morgan fingerprint density at radius 3 is 2.39 bits per heavy atom. The topological polar surface area (TPSA) is 41.5 Å². The van der Waals surface area contributed by atoms with E-state index in [1.165, 1.54) is 0 Å². The number of aliphatic hydroxyl groups is 1. The molecule has 2 aromatic rings. The Morgan fingerprint density at radius 1 is 1.09 bits per heavy atom. The molecule has 0 spiro atoms. The second-order valence-electron chi connectivity index (χ2n) is 5.83. The number of rotatable bonds is 6. The number of benzene rings is 2. The maximum Gasteiger partial charge on any atom is 0.240 e. The predicted octanol–water partition coefficient (Wildman–Crippen LogP) is 4.87. The highest BCUT2D eigenvalue weighted by molar-refractivity contribution is 6.68. The van der Waals surface area contributed by atoms with E-state index < -0.39 is 16.2 Å². The number of fused-ring (bicyclic) bond motifs is 1. The van der Waals surface area contributed by atoms with Gasteiger partial charge in [0, 0.05) is 5.39 Å². The lowest BCUT2D eigenvalue weighted by Gasteiger charge is -2.29. The van der Waals surface area contributed by atoms with Gasteiger partial charge in [0.05, 0.1) is 0 Å².